The highest BCUT2D eigenvalue weighted by Crippen LogP contribution is 2.24. The zero-order chi connectivity index (χ0) is 18.1. The zero-order valence-electron chi connectivity index (χ0n) is 14.1. The number of amides is 1. The maximum atomic E-state index is 13.3. The monoisotopic (exact) mass is 356 g/mol. The third-order valence-electron chi connectivity index (χ3n) is 4.86. The molecule has 1 atom stereocenters. The van der Waals surface area contributed by atoms with Crippen LogP contribution in [0.5, 0.6) is 0 Å². The van der Waals surface area contributed by atoms with Gasteiger partial charge in [-0.15, -0.1) is 0 Å². The van der Waals surface area contributed by atoms with Gasteiger partial charge in [0.05, 0.1) is 6.42 Å². The second-order valence-electron chi connectivity index (χ2n) is 6.78. The third-order valence-corrected chi connectivity index (χ3v) is 4.86. The van der Waals surface area contributed by atoms with Gasteiger partial charge >= 0.3 is 0 Å². The van der Waals surface area contributed by atoms with Crippen molar-refractivity contribution in [1.82, 2.24) is 10.1 Å². The number of carbonyl (C=O) groups is 1. The Morgan fingerprint density at radius 2 is 1.96 bits per heavy atom. The summed E-state index contributed by atoms with van der Waals surface area (Å²) < 4.78 is 31.9. The number of rotatable bonds is 4. The molecule has 1 aliphatic heterocycles. The summed E-state index contributed by atoms with van der Waals surface area (Å²) in [6.07, 6.45) is 1.58. The molecule has 6 heteroatoms. The summed E-state index contributed by atoms with van der Waals surface area (Å²) in [4.78, 5) is 14.4. The number of hydrogen-bond donors (Lipinski definition) is 0. The Balaban J connectivity index is 1.39. The van der Waals surface area contributed by atoms with Gasteiger partial charge in [-0.25, -0.2) is 8.78 Å². The minimum Gasteiger partial charge on any atom is -0.356 e. The number of hydrogen-bond acceptors (Lipinski definition) is 3. The lowest BCUT2D eigenvalue weighted by Crippen LogP contribution is -2.30. The highest BCUT2D eigenvalue weighted by Gasteiger charge is 2.27. The van der Waals surface area contributed by atoms with Crippen LogP contribution < -0.4 is 0 Å². The van der Waals surface area contributed by atoms with Gasteiger partial charge in [-0.05, 0) is 48.6 Å². The first-order valence-corrected chi connectivity index (χ1v) is 8.64. The van der Waals surface area contributed by atoms with E-state index in [2.05, 4.69) is 5.16 Å². The van der Waals surface area contributed by atoms with Gasteiger partial charge in [0.2, 0.25) is 5.91 Å². The van der Waals surface area contributed by atoms with Crippen LogP contribution in [0.4, 0.5) is 8.78 Å². The smallest absolute Gasteiger partial charge is 0.228 e. The van der Waals surface area contributed by atoms with Crippen LogP contribution in [-0.2, 0) is 17.6 Å². The van der Waals surface area contributed by atoms with Gasteiger partial charge in [-0.1, -0.05) is 17.3 Å². The predicted octanol–water partition coefficient (Wildman–Crippen LogP) is 3.74. The van der Waals surface area contributed by atoms with Gasteiger partial charge < -0.3 is 9.42 Å². The molecule has 1 fully saturated rings. The number of nitrogens with zero attached hydrogens (tertiary/aromatic N) is 2. The Morgan fingerprint density at radius 3 is 2.77 bits per heavy atom. The molecule has 4 nitrogen and oxygen atoms in total. The molecular formula is C20H18F2N2O2. The number of halogens is 2. The maximum absolute atomic E-state index is 13.3. The summed E-state index contributed by atoms with van der Waals surface area (Å²) in [5, 5.41) is 4.86. The van der Waals surface area contributed by atoms with Crippen molar-refractivity contribution in [1.29, 1.82) is 0 Å². The molecule has 0 aliphatic carbocycles. The molecule has 4 rings (SSSR count). The normalized spacial score (nSPS) is 17.2. The van der Waals surface area contributed by atoms with Crippen molar-refractivity contribution in [2.45, 2.75) is 19.3 Å². The van der Waals surface area contributed by atoms with Crippen molar-refractivity contribution in [3.05, 3.63) is 65.4 Å². The summed E-state index contributed by atoms with van der Waals surface area (Å²) in [5.41, 5.74) is 1.94. The Morgan fingerprint density at radius 1 is 1.19 bits per heavy atom. The topological polar surface area (TPSA) is 46.3 Å². The Bertz CT molecular complexity index is 934. The largest absolute Gasteiger partial charge is 0.356 e. The summed E-state index contributed by atoms with van der Waals surface area (Å²) in [5.74, 6) is -0.932. The van der Waals surface area contributed by atoms with Crippen LogP contribution in [0.1, 0.15) is 17.7 Å². The molecule has 1 unspecified atom stereocenters. The number of para-hydroxylation sites is 1. The SMILES string of the molecule is O=C(Cc1noc2ccccc12)N1CCC(Cc2cc(F)cc(F)c2)C1. The number of likely N-dealkylation sites (tertiary alicyclic amines) is 1. The standard InChI is InChI=1S/C20H18F2N2O2/c21-15-8-14(9-16(22)10-15)7-13-5-6-24(12-13)20(25)11-18-17-3-1-2-4-19(17)26-23-18/h1-4,8-10,13H,5-7,11-12H2. The van der Waals surface area contributed by atoms with Crippen LogP contribution in [0.2, 0.25) is 0 Å². The molecule has 2 heterocycles. The molecule has 134 valence electrons. The second-order valence-corrected chi connectivity index (χ2v) is 6.78. The second kappa shape index (κ2) is 6.86. The van der Waals surface area contributed by atoms with E-state index in [0.717, 1.165) is 17.9 Å². The van der Waals surface area contributed by atoms with Crippen molar-refractivity contribution in [2.75, 3.05) is 13.1 Å². The first kappa shape index (κ1) is 16.7. The number of carbonyl (C=O) groups excluding carboxylic acids is 1. The lowest BCUT2D eigenvalue weighted by atomic mass is 9.98. The van der Waals surface area contributed by atoms with Crippen LogP contribution in [0.25, 0.3) is 11.0 Å². The molecule has 0 radical (unpaired) electrons. The van der Waals surface area contributed by atoms with Crippen molar-refractivity contribution in [3.8, 4) is 0 Å². The van der Waals surface area contributed by atoms with Crippen molar-refractivity contribution < 1.29 is 18.1 Å². The lowest BCUT2D eigenvalue weighted by Gasteiger charge is -2.16. The van der Waals surface area contributed by atoms with E-state index < -0.39 is 11.6 Å². The van der Waals surface area contributed by atoms with Crippen LogP contribution in [0, 0.1) is 17.6 Å². The number of fused-ring (bicyclic) bond motifs is 1. The van der Waals surface area contributed by atoms with E-state index in [1.165, 1.54) is 12.1 Å². The molecule has 0 spiro atoms. The number of benzene rings is 2. The van der Waals surface area contributed by atoms with Gasteiger partial charge in [-0.3, -0.25) is 4.79 Å². The Labute approximate surface area is 149 Å². The molecule has 0 N–H and O–H groups in total. The quantitative estimate of drug-likeness (QED) is 0.715. The van der Waals surface area contributed by atoms with Crippen LogP contribution in [0.15, 0.2) is 47.0 Å². The molecule has 2 aromatic carbocycles. The fourth-order valence-electron chi connectivity index (χ4n) is 3.61. The molecular weight excluding hydrogens is 338 g/mol. The maximum Gasteiger partial charge on any atom is 0.228 e. The van der Waals surface area contributed by atoms with Gasteiger partial charge in [0.1, 0.15) is 17.3 Å². The third kappa shape index (κ3) is 3.45. The first-order chi connectivity index (χ1) is 12.6. The van der Waals surface area contributed by atoms with E-state index in [1.54, 1.807) is 4.90 Å². The average molecular weight is 356 g/mol. The first-order valence-electron chi connectivity index (χ1n) is 8.64. The van der Waals surface area contributed by atoms with Gasteiger partial charge in [-0.2, -0.15) is 0 Å². The fraction of sp³-hybridized carbons (Fsp3) is 0.300. The summed E-state index contributed by atoms with van der Waals surface area (Å²) in [6.45, 7) is 1.24. The van der Waals surface area contributed by atoms with Crippen molar-refractivity contribution >= 4 is 16.9 Å². The molecule has 0 bridgehead atoms. The van der Waals surface area contributed by atoms with E-state index in [0.29, 0.717) is 36.4 Å². The molecule has 1 aromatic heterocycles. The molecule has 1 amide bonds. The molecule has 1 saturated heterocycles. The van der Waals surface area contributed by atoms with Crippen LogP contribution in [0.3, 0.4) is 0 Å². The van der Waals surface area contributed by atoms with Gasteiger partial charge in [0.15, 0.2) is 5.58 Å². The number of aromatic nitrogens is 1. The Kier molecular flexibility index (Phi) is 4.41. The predicted molar refractivity (Wildman–Crippen MR) is 92.5 cm³/mol. The Hall–Kier alpha value is -2.76. The fourth-order valence-corrected chi connectivity index (χ4v) is 3.61. The highest BCUT2D eigenvalue weighted by atomic mass is 19.1. The van der Waals surface area contributed by atoms with Crippen LogP contribution >= 0.6 is 0 Å². The van der Waals surface area contributed by atoms with E-state index in [9.17, 15) is 13.6 Å². The zero-order valence-corrected chi connectivity index (χ0v) is 14.1. The molecule has 1 aliphatic rings. The summed E-state index contributed by atoms with van der Waals surface area (Å²) in [6, 6.07) is 11.0. The van der Waals surface area contributed by atoms with Crippen LogP contribution in [-0.4, -0.2) is 29.1 Å². The van der Waals surface area contributed by atoms with E-state index in [4.69, 9.17) is 4.52 Å². The minimum atomic E-state index is -0.566. The molecule has 0 saturated carbocycles. The van der Waals surface area contributed by atoms with Gasteiger partial charge in [0, 0.05) is 24.5 Å². The molecule has 3 aromatic rings. The highest BCUT2D eigenvalue weighted by molar-refractivity contribution is 5.86. The average Bonchev–Trinajstić information content (AvgIpc) is 3.22. The molecule has 26 heavy (non-hydrogen) atoms. The lowest BCUT2D eigenvalue weighted by molar-refractivity contribution is -0.129. The minimum absolute atomic E-state index is 0.00280. The van der Waals surface area contributed by atoms with Crippen molar-refractivity contribution in [2.24, 2.45) is 5.92 Å². The summed E-state index contributed by atoms with van der Waals surface area (Å²) in [7, 11) is 0. The van der Waals surface area contributed by atoms with Crippen molar-refractivity contribution in [3.63, 3.8) is 0 Å². The summed E-state index contributed by atoms with van der Waals surface area (Å²) >= 11 is 0. The van der Waals surface area contributed by atoms with E-state index >= 15 is 0 Å². The van der Waals surface area contributed by atoms with Gasteiger partial charge in [0.25, 0.3) is 0 Å². The van der Waals surface area contributed by atoms with E-state index in [1.807, 2.05) is 24.3 Å². The van der Waals surface area contributed by atoms with E-state index in [-0.39, 0.29) is 18.2 Å².